The molecule has 2 N–H and O–H groups in total. The normalized spacial score (nSPS) is 17.1. The van der Waals surface area contributed by atoms with E-state index in [1.165, 1.54) is 4.90 Å². The van der Waals surface area contributed by atoms with Crippen LogP contribution in [0.4, 0.5) is 0 Å². The quantitative estimate of drug-likeness (QED) is 0.394. The molecule has 78 valence electrons. The third-order valence-electron chi connectivity index (χ3n) is 1.93. The van der Waals surface area contributed by atoms with E-state index in [-0.39, 0.29) is 0 Å². The monoisotopic (exact) mass is 195 g/mol. The van der Waals surface area contributed by atoms with Crippen LogP contribution in [-0.2, 0) is 0 Å². The number of hydrogen-bond donors (Lipinski definition) is 2. The van der Waals surface area contributed by atoms with Crippen LogP contribution >= 0.6 is 0 Å². The van der Waals surface area contributed by atoms with Crippen LogP contribution in [0.25, 0.3) is 0 Å². The summed E-state index contributed by atoms with van der Waals surface area (Å²) in [6.07, 6.45) is 8.46. The number of nitrogens with zero attached hydrogens (tertiary/aromatic N) is 1. The first-order valence-electron chi connectivity index (χ1n) is 4.38. The lowest BCUT2D eigenvalue weighted by molar-refractivity contribution is -0.0579. The van der Waals surface area contributed by atoms with Gasteiger partial charge in [0.15, 0.2) is 0 Å². The van der Waals surface area contributed by atoms with Crippen molar-refractivity contribution in [3.8, 4) is 12.3 Å². The predicted octanol–water partition coefficient (Wildman–Crippen LogP) is 0.711. The third kappa shape index (κ3) is 4.24. The van der Waals surface area contributed by atoms with E-state index < -0.39 is 12.5 Å². The molecule has 0 radical (unpaired) electrons. The van der Waals surface area contributed by atoms with E-state index in [1.54, 1.807) is 39.1 Å². The van der Waals surface area contributed by atoms with Crippen molar-refractivity contribution in [1.82, 2.24) is 4.90 Å². The summed E-state index contributed by atoms with van der Waals surface area (Å²) in [6.45, 7) is 3.36. The molecule has 0 rings (SSSR count). The standard InChI is InChI=1S/C11H17NO2/c1-5-6-7-8-9(2)11(14)12(4)10(3)13/h1,6-8,10-11,13-14H,2-4H3/b7-6-,9-8+. The Morgan fingerprint density at radius 3 is 2.50 bits per heavy atom. The maximum Gasteiger partial charge on any atom is 0.131 e. The molecule has 0 aromatic rings. The molecule has 0 aromatic heterocycles. The topological polar surface area (TPSA) is 43.7 Å². The molecule has 2 unspecified atom stereocenters. The van der Waals surface area contributed by atoms with Crippen LogP contribution in [-0.4, -0.2) is 34.6 Å². The van der Waals surface area contributed by atoms with Crippen LogP contribution < -0.4 is 0 Å². The van der Waals surface area contributed by atoms with Gasteiger partial charge in [0.1, 0.15) is 12.5 Å². The van der Waals surface area contributed by atoms with Gasteiger partial charge in [0.05, 0.1) is 0 Å². The van der Waals surface area contributed by atoms with E-state index in [0.29, 0.717) is 0 Å². The molecule has 0 aliphatic rings. The molecule has 0 saturated carbocycles. The molecule has 3 nitrogen and oxygen atoms in total. The first-order valence-corrected chi connectivity index (χ1v) is 4.38. The minimum atomic E-state index is -0.794. The van der Waals surface area contributed by atoms with Gasteiger partial charge in [-0.3, -0.25) is 4.90 Å². The minimum absolute atomic E-state index is 0.690. The lowest BCUT2D eigenvalue weighted by atomic mass is 10.2. The number of aliphatic hydroxyl groups excluding tert-OH is 2. The van der Waals surface area contributed by atoms with Crippen molar-refractivity contribution in [3.63, 3.8) is 0 Å². The van der Waals surface area contributed by atoms with Gasteiger partial charge >= 0.3 is 0 Å². The van der Waals surface area contributed by atoms with Gasteiger partial charge < -0.3 is 10.2 Å². The zero-order valence-corrected chi connectivity index (χ0v) is 8.81. The second-order valence-electron chi connectivity index (χ2n) is 3.11. The highest BCUT2D eigenvalue weighted by atomic mass is 16.3. The fourth-order valence-corrected chi connectivity index (χ4v) is 0.867. The molecule has 0 spiro atoms. The van der Waals surface area contributed by atoms with Crippen molar-refractivity contribution in [1.29, 1.82) is 0 Å². The van der Waals surface area contributed by atoms with Gasteiger partial charge in [0.25, 0.3) is 0 Å². The molecule has 2 atom stereocenters. The van der Waals surface area contributed by atoms with E-state index in [0.717, 1.165) is 5.57 Å². The Balaban J connectivity index is 4.39. The Bertz CT molecular complexity index is 261. The van der Waals surface area contributed by atoms with E-state index in [9.17, 15) is 10.2 Å². The Labute approximate surface area is 85.4 Å². The average Bonchev–Trinajstić information content (AvgIpc) is 2.15. The Kier molecular flexibility index (Phi) is 5.89. The Morgan fingerprint density at radius 1 is 1.50 bits per heavy atom. The number of aliphatic hydroxyl groups is 2. The van der Waals surface area contributed by atoms with Gasteiger partial charge in [0.2, 0.25) is 0 Å². The smallest absolute Gasteiger partial charge is 0.131 e. The van der Waals surface area contributed by atoms with Crippen molar-refractivity contribution in [2.24, 2.45) is 0 Å². The van der Waals surface area contributed by atoms with E-state index in [2.05, 4.69) is 5.92 Å². The number of terminal acetylenes is 1. The molecule has 0 aliphatic carbocycles. The van der Waals surface area contributed by atoms with Gasteiger partial charge in [-0.25, -0.2) is 0 Å². The van der Waals surface area contributed by atoms with Crippen LogP contribution in [0.1, 0.15) is 13.8 Å². The summed E-state index contributed by atoms with van der Waals surface area (Å²) in [5.74, 6) is 2.34. The van der Waals surface area contributed by atoms with Crippen LogP contribution in [0.2, 0.25) is 0 Å². The summed E-state index contributed by atoms with van der Waals surface area (Å²) in [6, 6.07) is 0. The first-order chi connectivity index (χ1) is 6.50. The van der Waals surface area contributed by atoms with Gasteiger partial charge in [-0.1, -0.05) is 18.1 Å². The third-order valence-corrected chi connectivity index (χ3v) is 1.93. The fraction of sp³-hybridized carbons (Fsp3) is 0.455. The molecule has 0 aliphatic heterocycles. The van der Waals surface area contributed by atoms with Crippen molar-refractivity contribution in [2.45, 2.75) is 26.3 Å². The SMILES string of the molecule is C#C/C=C\C=C(/C)C(O)N(C)C(C)O. The summed E-state index contributed by atoms with van der Waals surface area (Å²) in [5, 5.41) is 18.9. The van der Waals surface area contributed by atoms with Crippen LogP contribution in [0, 0.1) is 12.3 Å². The largest absolute Gasteiger partial charge is 0.379 e. The van der Waals surface area contributed by atoms with Crippen molar-refractivity contribution in [2.75, 3.05) is 7.05 Å². The zero-order chi connectivity index (χ0) is 11.1. The lowest BCUT2D eigenvalue weighted by Crippen LogP contribution is -2.39. The van der Waals surface area contributed by atoms with Gasteiger partial charge in [-0.05, 0) is 32.5 Å². The van der Waals surface area contributed by atoms with Gasteiger partial charge in [-0.15, -0.1) is 6.42 Å². The maximum absolute atomic E-state index is 9.67. The first kappa shape index (κ1) is 12.9. The maximum atomic E-state index is 9.67. The Morgan fingerprint density at radius 2 is 2.07 bits per heavy atom. The van der Waals surface area contributed by atoms with Crippen LogP contribution in [0.5, 0.6) is 0 Å². The summed E-state index contributed by atoms with van der Waals surface area (Å²) < 4.78 is 0. The van der Waals surface area contributed by atoms with Gasteiger partial charge in [-0.2, -0.15) is 0 Å². The lowest BCUT2D eigenvalue weighted by Gasteiger charge is -2.26. The van der Waals surface area contributed by atoms with E-state index in [4.69, 9.17) is 6.42 Å². The zero-order valence-electron chi connectivity index (χ0n) is 8.81. The number of likely N-dealkylation sites (N-methyl/N-ethyl adjacent to an activating group) is 1. The summed E-state index contributed by atoms with van der Waals surface area (Å²) in [7, 11) is 1.64. The van der Waals surface area contributed by atoms with Crippen LogP contribution in [0.3, 0.4) is 0 Å². The summed E-state index contributed by atoms with van der Waals surface area (Å²) in [4.78, 5) is 1.44. The molecular weight excluding hydrogens is 178 g/mol. The molecule has 14 heavy (non-hydrogen) atoms. The molecule has 0 heterocycles. The van der Waals surface area contributed by atoms with Crippen molar-refractivity contribution < 1.29 is 10.2 Å². The molecule has 3 heteroatoms. The van der Waals surface area contributed by atoms with E-state index >= 15 is 0 Å². The summed E-state index contributed by atoms with van der Waals surface area (Å²) in [5.41, 5.74) is 0.722. The minimum Gasteiger partial charge on any atom is -0.379 e. The second kappa shape index (κ2) is 6.39. The average molecular weight is 195 g/mol. The highest BCUT2D eigenvalue weighted by Crippen LogP contribution is 2.07. The van der Waals surface area contributed by atoms with Crippen molar-refractivity contribution in [3.05, 3.63) is 23.8 Å². The number of hydrogen-bond acceptors (Lipinski definition) is 3. The molecule has 0 fully saturated rings. The number of allylic oxidation sites excluding steroid dienone is 3. The Hall–Kier alpha value is -1.08. The van der Waals surface area contributed by atoms with Crippen LogP contribution in [0.15, 0.2) is 23.8 Å². The number of rotatable bonds is 4. The van der Waals surface area contributed by atoms with Crippen molar-refractivity contribution >= 4 is 0 Å². The second-order valence-corrected chi connectivity index (χ2v) is 3.11. The molecule has 0 aromatic carbocycles. The molecule has 0 saturated heterocycles. The van der Waals surface area contributed by atoms with E-state index in [1.807, 2.05) is 0 Å². The fourth-order valence-electron chi connectivity index (χ4n) is 0.867. The molecule has 0 amide bonds. The summed E-state index contributed by atoms with van der Waals surface area (Å²) >= 11 is 0. The predicted molar refractivity (Wildman–Crippen MR) is 57.2 cm³/mol. The highest BCUT2D eigenvalue weighted by molar-refractivity contribution is 5.20. The van der Waals surface area contributed by atoms with Gasteiger partial charge in [0, 0.05) is 0 Å². The molecular formula is C11H17NO2. The highest BCUT2D eigenvalue weighted by Gasteiger charge is 2.15. The molecule has 0 bridgehead atoms.